The first-order valence-corrected chi connectivity index (χ1v) is 5.85. The van der Waals surface area contributed by atoms with Crippen LogP contribution in [0.4, 0.5) is 4.39 Å². The first-order valence-electron chi connectivity index (χ1n) is 4.97. The van der Waals surface area contributed by atoms with Crippen LogP contribution in [-0.4, -0.2) is 18.5 Å². The Balaban J connectivity index is 2.23. The van der Waals surface area contributed by atoms with Gasteiger partial charge in [-0.1, -0.05) is 6.07 Å². The molecule has 4 heteroatoms. The molecule has 1 aliphatic rings. The molecule has 1 aliphatic heterocycles. The van der Waals surface area contributed by atoms with Gasteiger partial charge in [-0.3, -0.25) is 0 Å². The van der Waals surface area contributed by atoms with Gasteiger partial charge in [0.25, 0.3) is 0 Å². The molecule has 0 bridgehead atoms. The Bertz CT molecular complexity index is 352. The molecule has 2 nitrogen and oxygen atoms in total. The molecule has 0 spiro atoms. The van der Waals surface area contributed by atoms with Gasteiger partial charge in [0.05, 0.1) is 18.5 Å². The molecule has 0 radical (unpaired) electrons. The third-order valence-electron chi connectivity index (χ3n) is 2.37. The smallest absolute Gasteiger partial charge is 0.129 e. The molecule has 1 aromatic rings. The number of benzene rings is 1. The van der Waals surface area contributed by atoms with Gasteiger partial charge >= 0.3 is 0 Å². The molecule has 2 N–H and O–H groups in total. The van der Waals surface area contributed by atoms with Crippen LogP contribution in [0.2, 0.25) is 0 Å². The summed E-state index contributed by atoms with van der Waals surface area (Å²) in [7, 11) is 0. The zero-order chi connectivity index (χ0) is 10.8. The van der Waals surface area contributed by atoms with Gasteiger partial charge < -0.3 is 10.5 Å². The first-order chi connectivity index (χ1) is 7.18. The number of nitrogens with two attached hydrogens (primary N) is 1. The Morgan fingerprint density at radius 2 is 2.27 bits per heavy atom. The summed E-state index contributed by atoms with van der Waals surface area (Å²) >= 11 is 1.65. The summed E-state index contributed by atoms with van der Waals surface area (Å²) in [5.41, 5.74) is 6.39. The molecule has 1 unspecified atom stereocenters. The van der Waals surface area contributed by atoms with E-state index in [-0.39, 0.29) is 11.9 Å². The van der Waals surface area contributed by atoms with Crippen LogP contribution >= 0.6 is 11.8 Å². The summed E-state index contributed by atoms with van der Waals surface area (Å²) in [6.45, 7) is 3.30. The lowest BCUT2D eigenvalue weighted by molar-refractivity contribution is 0.0455. The van der Waals surface area contributed by atoms with Gasteiger partial charge in [0.2, 0.25) is 0 Å². The van der Waals surface area contributed by atoms with Crippen LogP contribution < -0.4 is 5.73 Å². The Morgan fingerprint density at radius 3 is 2.80 bits per heavy atom. The van der Waals surface area contributed by atoms with E-state index in [1.807, 2.05) is 6.07 Å². The number of thioether (sulfide) groups is 1. The van der Waals surface area contributed by atoms with Crippen LogP contribution in [0, 0.1) is 5.82 Å². The van der Waals surface area contributed by atoms with E-state index in [0.717, 1.165) is 18.1 Å². The van der Waals surface area contributed by atoms with E-state index in [2.05, 4.69) is 0 Å². The van der Waals surface area contributed by atoms with E-state index in [1.54, 1.807) is 24.8 Å². The fourth-order valence-corrected chi connectivity index (χ4v) is 2.78. The van der Waals surface area contributed by atoms with E-state index < -0.39 is 0 Å². The third kappa shape index (κ3) is 2.33. The lowest BCUT2D eigenvalue weighted by Crippen LogP contribution is -2.30. The maximum Gasteiger partial charge on any atom is 0.129 e. The van der Waals surface area contributed by atoms with Crippen molar-refractivity contribution in [1.82, 2.24) is 0 Å². The summed E-state index contributed by atoms with van der Waals surface area (Å²) in [5, 5.41) is 0.448. The van der Waals surface area contributed by atoms with Crippen molar-refractivity contribution in [3.63, 3.8) is 0 Å². The van der Waals surface area contributed by atoms with E-state index in [1.165, 1.54) is 6.07 Å². The van der Waals surface area contributed by atoms with Crippen molar-refractivity contribution in [2.24, 2.45) is 5.73 Å². The monoisotopic (exact) mass is 227 g/mol. The lowest BCUT2D eigenvalue weighted by atomic mass is 10.1. The quantitative estimate of drug-likeness (QED) is 0.860. The number of ether oxygens (including phenoxy) is 1. The maximum absolute atomic E-state index is 13.5. The molecule has 0 amide bonds. The highest BCUT2D eigenvalue weighted by Gasteiger charge is 2.22. The zero-order valence-corrected chi connectivity index (χ0v) is 9.39. The average Bonchev–Trinajstić information content (AvgIpc) is 2.10. The van der Waals surface area contributed by atoms with Crippen LogP contribution in [0.15, 0.2) is 23.1 Å². The van der Waals surface area contributed by atoms with Crippen molar-refractivity contribution in [3.05, 3.63) is 29.6 Å². The molecule has 1 aromatic carbocycles. The van der Waals surface area contributed by atoms with E-state index in [4.69, 9.17) is 10.5 Å². The minimum atomic E-state index is -0.269. The maximum atomic E-state index is 13.5. The molecule has 2 rings (SSSR count). The zero-order valence-electron chi connectivity index (χ0n) is 8.57. The third-order valence-corrected chi connectivity index (χ3v) is 3.58. The molecule has 0 aliphatic carbocycles. The highest BCUT2D eigenvalue weighted by Crippen LogP contribution is 2.33. The van der Waals surface area contributed by atoms with Gasteiger partial charge in [0.15, 0.2) is 0 Å². The minimum Gasteiger partial charge on any atom is -0.379 e. The molecule has 82 valence electrons. The normalized spacial score (nSPS) is 18.6. The number of hydrogen-bond acceptors (Lipinski definition) is 3. The average molecular weight is 227 g/mol. The van der Waals surface area contributed by atoms with Crippen molar-refractivity contribution in [2.75, 3.05) is 13.2 Å². The highest BCUT2D eigenvalue weighted by atomic mass is 32.2. The first kappa shape index (κ1) is 10.9. The highest BCUT2D eigenvalue weighted by molar-refractivity contribution is 8.00. The van der Waals surface area contributed by atoms with Crippen LogP contribution in [0.1, 0.15) is 18.5 Å². The molecule has 1 heterocycles. The topological polar surface area (TPSA) is 35.2 Å². The van der Waals surface area contributed by atoms with Crippen LogP contribution in [0.5, 0.6) is 0 Å². The van der Waals surface area contributed by atoms with Crippen molar-refractivity contribution in [1.29, 1.82) is 0 Å². The molecule has 0 saturated carbocycles. The predicted molar refractivity (Wildman–Crippen MR) is 59.5 cm³/mol. The number of hydrogen-bond donors (Lipinski definition) is 1. The molecule has 15 heavy (non-hydrogen) atoms. The molecular formula is C11H14FNOS. The van der Waals surface area contributed by atoms with Gasteiger partial charge in [-0.05, 0) is 19.1 Å². The van der Waals surface area contributed by atoms with Crippen molar-refractivity contribution >= 4 is 11.8 Å². The Hall–Kier alpha value is -0.580. The van der Waals surface area contributed by atoms with Crippen molar-refractivity contribution in [3.8, 4) is 0 Å². The van der Waals surface area contributed by atoms with Gasteiger partial charge in [0.1, 0.15) is 5.82 Å². The largest absolute Gasteiger partial charge is 0.379 e. The standard InChI is InChI=1S/C11H14FNOS/c1-7(13)11-9(12)3-2-4-10(11)15-8-5-14-6-8/h2-4,7-8H,5-6,13H2,1H3. The summed E-state index contributed by atoms with van der Waals surface area (Å²) in [4.78, 5) is 0.943. The second-order valence-corrected chi connectivity index (χ2v) is 5.06. The summed E-state index contributed by atoms with van der Waals surface area (Å²) in [6.07, 6.45) is 0. The Labute approximate surface area is 93.0 Å². The molecule has 0 aromatic heterocycles. The van der Waals surface area contributed by atoms with Crippen molar-refractivity contribution in [2.45, 2.75) is 23.1 Å². The number of rotatable bonds is 3. The van der Waals surface area contributed by atoms with Crippen molar-refractivity contribution < 1.29 is 9.13 Å². The van der Waals surface area contributed by atoms with Crippen LogP contribution in [0.3, 0.4) is 0 Å². The van der Waals surface area contributed by atoms with Gasteiger partial charge in [-0.15, -0.1) is 11.8 Å². The molecular weight excluding hydrogens is 213 g/mol. The van der Waals surface area contributed by atoms with E-state index in [0.29, 0.717) is 10.8 Å². The second-order valence-electron chi connectivity index (χ2n) is 3.72. The van der Waals surface area contributed by atoms with Gasteiger partial charge in [-0.2, -0.15) is 0 Å². The minimum absolute atomic E-state index is 0.213. The molecule has 1 saturated heterocycles. The predicted octanol–water partition coefficient (Wildman–Crippen LogP) is 2.34. The van der Waals surface area contributed by atoms with E-state index >= 15 is 0 Å². The summed E-state index contributed by atoms with van der Waals surface area (Å²) in [6, 6.07) is 4.84. The van der Waals surface area contributed by atoms with Gasteiger partial charge in [0, 0.05) is 16.5 Å². The lowest BCUT2D eigenvalue weighted by Gasteiger charge is -2.26. The van der Waals surface area contributed by atoms with Gasteiger partial charge in [-0.25, -0.2) is 4.39 Å². The Kier molecular flexibility index (Phi) is 3.29. The van der Waals surface area contributed by atoms with Crippen LogP contribution in [-0.2, 0) is 4.74 Å². The van der Waals surface area contributed by atoms with E-state index in [9.17, 15) is 4.39 Å². The Morgan fingerprint density at radius 1 is 1.53 bits per heavy atom. The molecule has 1 fully saturated rings. The summed E-state index contributed by atoms with van der Waals surface area (Å²) in [5.74, 6) is -0.213. The SMILES string of the molecule is CC(N)c1c(F)cccc1SC1COC1. The second kappa shape index (κ2) is 4.51. The fraction of sp³-hybridized carbons (Fsp3) is 0.455. The number of halogens is 1. The fourth-order valence-electron chi connectivity index (χ4n) is 1.52. The summed E-state index contributed by atoms with van der Waals surface area (Å²) < 4.78 is 18.6. The molecule has 1 atom stereocenters. The van der Waals surface area contributed by atoms with Crippen LogP contribution in [0.25, 0.3) is 0 Å².